The van der Waals surface area contributed by atoms with Gasteiger partial charge >= 0.3 is 0 Å². The highest BCUT2D eigenvalue weighted by Crippen LogP contribution is 2.10. The number of anilines is 1. The molecular formula is C14H21N5. The number of nitrogens with zero attached hydrogens (tertiary/aromatic N) is 4. The van der Waals surface area contributed by atoms with Gasteiger partial charge in [-0.1, -0.05) is 6.07 Å². The second-order valence-corrected chi connectivity index (χ2v) is 4.79. The lowest BCUT2D eigenvalue weighted by Crippen LogP contribution is -2.20. The minimum atomic E-state index is 0.831. The summed E-state index contributed by atoms with van der Waals surface area (Å²) >= 11 is 0. The number of aromatic nitrogens is 3. The van der Waals surface area contributed by atoms with Crippen LogP contribution >= 0.6 is 0 Å². The van der Waals surface area contributed by atoms with E-state index < -0.39 is 0 Å². The molecule has 0 aliphatic rings. The predicted molar refractivity (Wildman–Crippen MR) is 77.2 cm³/mol. The van der Waals surface area contributed by atoms with Gasteiger partial charge in [-0.25, -0.2) is 4.98 Å². The van der Waals surface area contributed by atoms with Crippen LogP contribution in [0.4, 0.5) is 5.95 Å². The van der Waals surface area contributed by atoms with Gasteiger partial charge in [0, 0.05) is 40.1 Å². The molecule has 0 aliphatic heterocycles. The molecule has 2 rings (SSSR count). The van der Waals surface area contributed by atoms with Crippen molar-refractivity contribution in [1.29, 1.82) is 0 Å². The molecule has 2 heterocycles. The smallest absolute Gasteiger partial charge is 0.204 e. The van der Waals surface area contributed by atoms with Crippen LogP contribution in [0.25, 0.3) is 0 Å². The van der Waals surface area contributed by atoms with E-state index in [1.807, 2.05) is 44.5 Å². The zero-order valence-corrected chi connectivity index (χ0v) is 11.8. The van der Waals surface area contributed by atoms with Crippen molar-refractivity contribution in [3.8, 4) is 0 Å². The van der Waals surface area contributed by atoms with Gasteiger partial charge in [0.15, 0.2) is 0 Å². The summed E-state index contributed by atoms with van der Waals surface area (Å²) in [6.45, 7) is 1.77. The van der Waals surface area contributed by atoms with Crippen LogP contribution in [-0.2, 0) is 20.0 Å². The first-order valence-electron chi connectivity index (χ1n) is 6.46. The summed E-state index contributed by atoms with van der Waals surface area (Å²) in [7, 11) is 6.05. The average molecular weight is 259 g/mol. The monoisotopic (exact) mass is 259 g/mol. The Bertz CT molecular complexity index is 504. The van der Waals surface area contributed by atoms with E-state index in [2.05, 4.69) is 25.9 Å². The zero-order chi connectivity index (χ0) is 13.7. The van der Waals surface area contributed by atoms with Crippen molar-refractivity contribution in [2.45, 2.75) is 13.0 Å². The molecule has 0 saturated heterocycles. The van der Waals surface area contributed by atoms with Crippen LogP contribution in [0.5, 0.6) is 0 Å². The molecular weight excluding hydrogens is 238 g/mol. The lowest BCUT2D eigenvalue weighted by Gasteiger charge is -2.12. The van der Waals surface area contributed by atoms with Crippen molar-refractivity contribution in [3.63, 3.8) is 0 Å². The SMILES string of the molecule is CN(C)c1ncc(CNCCc2cccnc2)n1C. The number of rotatable bonds is 6. The van der Waals surface area contributed by atoms with Crippen molar-refractivity contribution >= 4 is 5.95 Å². The molecule has 0 aromatic carbocycles. The van der Waals surface area contributed by atoms with Gasteiger partial charge in [-0.15, -0.1) is 0 Å². The van der Waals surface area contributed by atoms with E-state index in [1.165, 1.54) is 11.3 Å². The number of pyridine rings is 1. The molecule has 0 aliphatic carbocycles. The Morgan fingerprint density at radius 2 is 2.16 bits per heavy atom. The molecule has 0 atom stereocenters. The second kappa shape index (κ2) is 6.33. The van der Waals surface area contributed by atoms with Crippen molar-refractivity contribution < 1.29 is 0 Å². The summed E-state index contributed by atoms with van der Waals surface area (Å²) in [5, 5.41) is 3.44. The Morgan fingerprint density at radius 3 is 2.79 bits per heavy atom. The number of hydrogen-bond donors (Lipinski definition) is 1. The molecule has 5 heteroatoms. The highest BCUT2D eigenvalue weighted by Gasteiger charge is 2.07. The topological polar surface area (TPSA) is 46.0 Å². The summed E-state index contributed by atoms with van der Waals surface area (Å²) in [4.78, 5) is 10.5. The van der Waals surface area contributed by atoms with Crippen LogP contribution in [-0.4, -0.2) is 35.2 Å². The van der Waals surface area contributed by atoms with Gasteiger partial charge in [0.25, 0.3) is 0 Å². The molecule has 2 aromatic rings. The summed E-state index contributed by atoms with van der Waals surface area (Å²) in [6.07, 6.45) is 6.63. The Kier molecular flexibility index (Phi) is 4.52. The lowest BCUT2D eigenvalue weighted by molar-refractivity contribution is 0.651. The van der Waals surface area contributed by atoms with E-state index in [0.717, 1.165) is 25.5 Å². The van der Waals surface area contributed by atoms with Crippen molar-refractivity contribution in [2.75, 3.05) is 25.5 Å². The van der Waals surface area contributed by atoms with Gasteiger partial charge in [-0.3, -0.25) is 4.98 Å². The average Bonchev–Trinajstić information content (AvgIpc) is 2.77. The van der Waals surface area contributed by atoms with Crippen molar-refractivity contribution in [3.05, 3.63) is 42.0 Å². The second-order valence-electron chi connectivity index (χ2n) is 4.79. The molecule has 0 fully saturated rings. The first-order chi connectivity index (χ1) is 9.18. The summed E-state index contributed by atoms with van der Waals surface area (Å²) in [5.41, 5.74) is 2.45. The third-order valence-corrected chi connectivity index (χ3v) is 3.08. The van der Waals surface area contributed by atoms with Crippen LogP contribution in [0.15, 0.2) is 30.7 Å². The molecule has 0 spiro atoms. The first kappa shape index (κ1) is 13.5. The Hall–Kier alpha value is -1.88. The van der Waals surface area contributed by atoms with Gasteiger partial charge in [-0.2, -0.15) is 0 Å². The highest BCUT2D eigenvalue weighted by atomic mass is 15.3. The van der Waals surface area contributed by atoms with E-state index in [9.17, 15) is 0 Å². The van der Waals surface area contributed by atoms with Crippen LogP contribution < -0.4 is 10.2 Å². The third-order valence-electron chi connectivity index (χ3n) is 3.08. The van der Waals surface area contributed by atoms with Gasteiger partial charge < -0.3 is 14.8 Å². The van der Waals surface area contributed by atoms with Crippen LogP contribution in [0.3, 0.4) is 0 Å². The predicted octanol–water partition coefficient (Wildman–Crippen LogP) is 1.21. The van der Waals surface area contributed by atoms with Gasteiger partial charge in [0.2, 0.25) is 5.95 Å². The lowest BCUT2D eigenvalue weighted by atomic mass is 10.2. The Balaban J connectivity index is 1.80. The minimum Gasteiger partial charge on any atom is -0.348 e. The van der Waals surface area contributed by atoms with E-state index in [4.69, 9.17) is 0 Å². The number of nitrogens with one attached hydrogen (secondary N) is 1. The maximum Gasteiger partial charge on any atom is 0.204 e. The van der Waals surface area contributed by atoms with Gasteiger partial charge in [0.1, 0.15) is 0 Å². The third kappa shape index (κ3) is 3.54. The van der Waals surface area contributed by atoms with Gasteiger partial charge in [-0.05, 0) is 24.6 Å². The van der Waals surface area contributed by atoms with Gasteiger partial charge in [0.05, 0.1) is 11.9 Å². The molecule has 0 radical (unpaired) electrons. The highest BCUT2D eigenvalue weighted by molar-refractivity contribution is 5.30. The van der Waals surface area contributed by atoms with Crippen LogP contribution in [0.2, 0.25) is 0 Å². The molecule has 0 unspecified atom stereocenters. The van der Waals surface area contributed by atoms with Crippen LogP contribution in [0.1, 0.15) is 11.3 Å². The largest absolute Gasteiger partial charge is 0.348 e. The fraction of sp³-hybridized carbons (Fsp3) is 0.429. The Morgan fingerprint density at radius 1 is 1.32 bits per heavy atom. The molecule has 0 amide bonds. The molecule has 19 heavy (non-hydrogen) atoms. The number of imidazole rings is 1. The van der Waals surface area contributed by atoms with E-state index in [-0.39, 0.29) is 0 Å². The molecule has 2 aromatic heterocycles. The van der Waals surface area contributed by atoms with E-state index in [0.29, 0.717) is 0 Å². The maximum absolute atomic E-state index is 4.39. The molecule has 1 N–H and O–H groups in total. The fourth-order valence-corrected chi connectivity index (χ4v) is 2.01. The quantitative estimate of drug-likeness (QED) is 0.792. The molecule has 5 nitrogen and oxygen atoms in total. The first-order valence-corrected chi connectivity index (χ1v) is 6.46. The summed E-state index contributed by atoms with van der Waals surface area (Å²) in [6, 6.07) is 4.07. The number of hydrogen-bond acceptors (Lipinski definition) is 4. The Labute approximate surface area is 114 Å². The van der Waals surface area contributed by atoms with Crippen molar-refractivity contribution in [2.24, 2.45) is 7.05 Å². The molecule has 0 saturated carbocycles. The normalized spacial score (nSPS) is 10.7. The van der Waals surface area contributed by atoms with Crippen molar-refractivity contribution in [1.82, 2.24) is 19.9 Å². The fourth-order valence-electron chi connectivity index (χ4n) is 2.01. The maximum atomic E-state index is 4.39. The summed E-state index contributed by atoms with van der Waals surface area (Å²) < 4.78 is 2.11. The van der Waals surface area contributed by atoms with E-state index in [1.54, 1.807) is 6.20 Å². The summed E-state index contributed by atoms with van der Waals surface area (Å²) in [5.74, 6) is 0.976. The van der Waals surface area contributed by atoms with E-state index >= 15 is 0 Å². The molecule has 0 bridgehead atoms. The minimum absolute atomic E-state index is 0.831. The standard InChI is InChI=1S/C14H21N5/c1-18(2)14-17-11-13(19(14)3)10-16-8-6-12-5-4-7-15-9-12/h4-5,7,9,11,16H,6,8,10H2,1-3H3. The zero-order valence-electron chi connectivity index (χ0n) is 11.8. The molecule has 102 valence electrons. The van der Waals surface area contributed by atoms with Crippen LogP contribution in [0, 0.1) is 0 Å².